The lowest BCUT2D eigenvalue weighted by atomic mass is 9.60. The van der Waals surface area contributed by atoms with E-state index in [0.29, 0.717) is 11.3 Å². The van der Waals surface area contributed by atoms with Crippen molar-refractivity contribution in [2.24, 2.45) is 22.5 Å². The monoisotopic (exact) mass is 183 g/mol. The molecule has 1 saturated carbocycles. The van der Waals surface area contributed by atoms with Gasteiger partial charge in [0.25, 0.3) is 0 Å². The van der Waals surface area contributed by atoms with Gasteiger partial charge in [0.2, 0.25) is 5.91 Å². The summed E-state index contributed by atoms with van der Waals surface area (Å²) in [7, 11) is 0. The topological polar surface area (TPSA) is 43.1 Å². The molecule has 0 saturated heterocycles. The standard InChI is InChI=1S/C11H21NO/c1-8-7-10(2,3)5-6-11(8,4)9(12)13/h8H,5-7H2,1-4H3,(H2,12,13)/t8-,11-/m1/s1. The molecule has 1 aliphatic carbocycles. The average Bonchev–Trinajstić information content (AvgIpc) is 1.96. The van der Waals surface area contributed by atoms with Gasteiger partial charge in [-0.3, -0.25) is 4.79 Å². The molecule has 2 atom stereocenters. The first-order chi connectivity index (χ1) is 5.78. The Kier molecular flexibility index (Phi) is 2.44. The quantitative estimate of drug-likeness (QED) is 0.666. The van der Waals surface area contributed by atoms with Crippen LogP contribution in [0, 0.1) is 16.7 Å². The Labute approximate surface area is 80.9 Å². The second-order valence-corrected chi connectivity index (χ2v) is 5.55. The largest absolute Gasteiger partial charge is 0.369 e. The molecule has 0 spiro atoms. The van der Waals surface area contributed by atoms with E-state index in [0.717, 1.165) is 19.3 Å². The predicted octanol–water partition coefficient (Wildman–Crippen LogP) is 2.32. The molecule has 0 bridgehead atoms. The smallest absolute Gasteiger partial charge is 0.223 e. The molecule has 76 valence electrons. The molecule has 0 radical (unpaired) electrons. The molecule has 0 aromatic carbocycles. The zero-order chi connectivity index (χ0) is 10.3. The normalized spacial score (nSPS) is 38.6. The molecular formula is C11H21NO. The Bertz CT molecular complexity index is 222. The fraction of sp³-hybridized carbons (Fsp3) is 0.909. The van der Waals surface area contributed by atoms with Crippen molar-refractivity contribution in [1.82, 2.24) is 0 Å². The number of carbonyl (C=O) groups excluding carboxylic acids is 1. The summed E-state index contributed by atoms with van der Waals surface area (Å²) in [5.41, 5.74) is 5.56. The molecule has 0 heterocycles. The first-order valence-electron chi connectivity index (χ1n) is 5.08. The van der Waals surface area contributed by atoms with E-state index in [4.69, 9.17) is 5.73 Å². The first-order valence-corrected chi connectivity index (χ1v) is 5.08. The molecule has 2 heteroatoms. The van der Waals surface area contributed by atoms with Crippen LogP contribution in [0.15, 0.2) is 0 Å². The molecule has 1 aliphatic rings. The van der Waals surface area contributed by atoms with Crippen molar-refractivity contribution in [2.45, 2.75) is 47.0 Å². The summed E-state index contributed by atoms with van der Waals surface area (Å²) >= 11 is 0. The number of primary amides is 1. The Hall–Kier alpha value is -0.530. The van der Waals surface area contributed by atoms with Gasteiger partial charge in [-0.15, -0.1) is 0 Å². The van der Waals surface area contributed by atoms with Crippen LogP contribution in [-0.2, 0) is 4.79 Å². The Morgan fingerprint density at radius 1 is 1.31 bits per heavy atom. The van der Waals surface area contributed by atoms with Gasteiger partial charge in [-0.1, -0.05) is 27.7 Å². The second kappa shape index (κ2) is 3.00. The second-order valence-electron chi connectivity index (χ2n) is 5.55. The van der Waals surface area contributed by atoms with Gasteiger partial charge < -0.3 is 5.73 Å². The van der Waals surface area contributed by atoms with Crippen LogP contribution in [0.2, 0.25) is 0 Å². The van der Waals surface area contributed by atoms with Crippen molar-refractivity contribution < 1.29 is 4.79 Å². The number of hydrogen-bond donors (Lipinski definition) is 1. The van der Waals surface area contributed by atoms with Gasteiger partial charge in [-0.2, -0.15) is 0 Å². The van der Waals surface area contributed by atoms with E-state index < -0.39 is 0 Å². The van der Waals surface area contributed by atoms with Gasteiger partial charge in [0.05, 0.1) is 0 Å². The molecule has 13 heavy (non-hydrogen) atoms. The molecule has 1 amide bonds. The lowest BCUT2D eigenvalue weighted by Gasteiger charge is -2.44. The minimum atomic E-state index is -0.268. The summed E-state index contributed by atoms with van der Waals surface area (Å²) in [6.07, 6.45) is 3.15. The highest BCUT2D eigenvalue weighted by molar-refractivity contribution is 5.80. The maximum Gasteiger partial charge on any atom is 0.223 e. The molecule has 0 aromatic heterocycles. The third-order valence-corrected chi connectivity index (χ3v) is 3.83. The van der Waals surface area contributed by atoms with Gasteiger partial charge in [0.15, 0.2) is 0 Å². The fourth-order valence-corrected chi connectivity index (χ4v) is 2.37. The summed E-state index contributed by atoms with van der Waals surface area (Å²) in [5.74, 6) is 0.282. The maximum absolute atomic E-state index is 11.3. The van der Waals surface area contributed by atoms with E-state index in [-0.39, 0.29) is 11.3 Å². The zero-order valence-electron chi connectivity index (χ0n) is 9.18. The summed E-state index contributed by atoms with van der Waals surface area (Å²) in [6, 6.07) is 0. The number of carbonyl (C=O) groups is 1. The summed E-state index contributed by atoms with van der Waals surface area (Å²) in [5, 5.41) is 0. The molecule has 0 aromatic rings. The van der Waals surface area contributed by atoms with Crippen molar-refractivity contribution in [3.8, 4) is 0 Å². The van der Waals surface area contributed by atoms with Crippen LogP contribution in [0.4, 0.5) is 0 Å². The van der Waals surface area contributed by atoms with E-state index in [1.807, 2.05) is 6.92 Å². The predicted molar refractivity (Wildman–Crippen MR) is 54.1 cm³/mol. The fourth-order valence-electron chi connectivity index (χ4n) is 2.37. The summed E-state index contributed by atoms with van der Waals surface area (Å²) in [6.45, 7) is 8.69. The average molecular weight is 183 g/mol. The van der Waals surface area contributed by atoms with E-state index >= 15 is 0 Å². The highest BCUT2D eigenvalue weighted by atomic mass is 16.1. The van der Waals surface area contributed by atoms with Gasteiger partial charge in [-0.25, -0.2) is 0 Å². The molecule has 2 nitrogen and oxygen atoms in total. The van der Waals surface area contributed by atoms with Crippen LogP contribution in [0.5, 0.6) is 0 Å². The van der Waals surface area contributed by atoms with Gasteiger partial charge in [0.1, 0.15) is 0 Å². The van der Waals surface area contributed by atoms with Crippen molar-refractivity contribution in [1.29, 1.82) is 0 Å². The minimum absolute atomic E-state index is 0.129. The molecule has 1 fully saturated rings. The third-order valence-electron chi connectivity index (χ3n) is 3.83. The maximum atomic E-state index is 11.3. The molecular weight excluding hydrogens is 162 g/mol. The van der Waals surface area contributed by atoms with E-state index in [1.54, 1.807) is 0 Å². The van der Waals surface area contributed by atoms with Gasteiger partial charge in [0, 0.05) is 5.41 Å². The highest BCUT2D eigenvalue weighted by Gasteiger charge is 2.44. The van der Waals surface area contributed by atoms with Crippen LogP contribution in [0.3, 0.4) is 0 Å². The zero-order valence-corrected chi connectivity index (χ0v) is 9.18. The minimum Gasteiger partial charge on any atom is -0.369 e. The van der Waals surface area contributed by atoms with Gasteiger partial charge in [-0.05, 0) is 30.6 Å². The van der Waals surface area contributed by atoms with Crippen molar-refractivity contribution in [3.05, 3.63) is 0 Å². The van der Waals surface area contributed by atoms with Crippen molar-refractivity contribution in [3.63, 3.8) is 0 Å². The lowest BCUT2D eigenvalue weighted by molar-refractivity contribution is -0.133. The lowest BCUT2D eigenvalue weighted by Crippen LogP contribution is -2.45. The molecule has 1 rings (SSSR count). The van der Waals surface area contributed by atoms with Crippen LogP contribution in [-0.4, -0.2) is 5.91 Å². The first kappa shape index (κ1) is 10.6. The van der Waals surface area contributed by atoms with Crippen LogP contribution < -0.4 is 5.73 Å². The SMILES string of the molecule is C[C@@H]1CC(C)(C)CC[C@@]1(C)C(N)=O. The summed E-state index contributed by atoms with van der Waals surface area (Å²) in [4.78, 5) is 11.3. The van der Waals surface area contributed by atoms with Gasteiger partial charge >= 0.3 is 0 Å². The highest BCUT2D eigenvalue weighted by Crippen LogP contribution is 2.48. The molecule has 0 unspecified atom stereocenters. The summed E-state index contributed by atoms with van der Waals surface area (Å²) < 4.78 is 0. The van der Waals surface area contributed by atoms with Crippen molar-refractivity contribution in [2.75, 3.05) is 0 Å². The third kappa shape index (κ3) is 1.87. The number of hydrogen-bond acceptors (Lipinski definition) is 1. The van der Waals surface area contributed by atoms with Crippen LogP contribution >= 0.6 is 0 Å². The number of nitrogens with two attached hydrogens (primary N) is 1. The van der Waals surface area contributed by atoms with E-state index in [1.165, 1.54) is 0 Å². The van der Waals surface area contributed by atoms with E-state index in [9.17, 15) is 4.79 Å². The molecule has 2 N–H and O–H groups in total. The number of amides is 1. The Balaban J connectivity index is 2.79. The van der Waals surface area contributed by atoms with Crippen LogP contribution in [0.25, 0.3) is 0 Å². The Morgan fingerprint density at radius 3 is 2.23 bits per heavy atom. The Morgan fingerprint density at radius 2 is 1.85 bits per heavy atom. The van der Waals surface area contributed by atoms with E-state index in [2.05, 4.69) is 20.8 Å². The van der Waals surface area contributed by atoms with Crippen LogP contribution in [0.1, 0.15) is 47.0 Å². The number of rotatable bonds is 1. The molecule has 0 aliphatic heterocycles. The van der Waals surface area contributed by atoms with Crippen molar-refractivity contribution >= 4 is 5.91 Å².